The molecule has 2 saturated heterocycles. The van der Waals surface area contributed by atoms with Crippen molar-refractivity contribution in [3.8, 4) is 0 Å². The monoisotopic (exact) mass is 487 g/mol. The van der Waals surface area contributed by atoms with E-state index in [4.69, 9.17) is 4.74 Å². The molecule has 11 nitrogen and oxygen atoms in total. The van der Waals surface area contributed by atoms with Crippen molar-refractivity contribution in [3.63, 3.8) is 0 Å². The van der Waals surface area contributed by atoms with Gasteiger partial charge in [0.15, 0.2) is 0 Å². The zero-order valence-electron chi connectivity index (χ0n) is 20.0. The van der Waals surface area contributed by atoms with Crippen LogP contribution in [0.3, 0.4) is 0 Å². The van der Waals surface area contributed by atoms with Gasteiger partial charge in [0, 0.05) is 50.6 Å². The number of nitrogens with zero attached hydrogens (tertiary/aromatic N) is 7. The van der Waals surface area contributed by atoms with Crippen LogP contribution in [0.4, 0.5) is 29.2 Å². The van der Waals surface area contributed by atoms with Gasteiger partial charge in [-0.3, -0.25) is 4.79 Å². The van der Waals surface area contributed by atoms with E-state index in [0.717, 1.165) is 18.8 Å². The third-order valence-electron chi connectivity index (χ3n) is 6.00. The number of nitrogens with one attached hydrogen (secondary N) is 2. The summed E-state index contributed by atoms with van der Waals surface area (Å²) < 4.78 is 5.45. The molecule has 5 rings (SSSR count). The van der Waals surface area contributed by atoms with Crippen molar-refractivity contribution in [2.24, 2.45) is 5.10 Å². The van der Waals surface area contributed by atoms with Crippen LogP contribution in [-0.4, -0.2) is 84.5 Å². The molecule has 0 aliphatic carbocycles. The number of para-hydroxylation sites is 2. The molecule has 2 fully saturated rings. The van der Waals surface area contributed by atoms with Gasteiger partial charge in [0.1, 0.15) is 6.21 Å². The van der Waals surface area contributed by atoms with Gasteiger partial charge >= 0.3 is 0 Å². The topological polar surface area (TPSA) is 111 Å². The minimum absolute atomic E-state index is 0.152. The predicted octanol–water partition coefficient (Wildman–Crippen LogP) is 2.20. The Morgan fingerprint density at radius 3 is 2.19 bits per heavy atom. The zero-order valence-corrected chi connectivity index (χ0v) is 20.0. The number of morpholine rings is 1. The van der Waals surface area contributed by atoms with E-state index in [1.54, 1.807) is 4.90 Å². The first-order chi connectivity index (χ1) is 17.7. The second kappa shape index (κ2) is 11.5. The van der Waals surface area contributed by atoms with Crippen LogP contribution in [0.25, 0.3) is 0 Å². The van der Waals surface area contributed by atoms with E-state index in [-0.39, 0.29) is 11.9 Å². The molecule has 2 aliphatic rings. The molecule has 0 spiro atoms. The number of ether oxygens (including phenoxy) is 1. The Balaban J connectivity index is 1.22. The first-order valence-electron chi connectivity index (χ1n) is 12.0. The highest BCUT2D eigenvalue weighted by Crippen LogP contribution is 2.19. The number of anilines is 5. The number of hydrogen-bond acceptors (Lipinski definition) is 10. The Morgan fingerprint density at radius 1 is 0.806 bits per heavy atom. The van der Waals surface area contributed by atoms with Crippen LogP contribution < -0.4 is 20.5 Å². The number of hydrazone groups is 1. The molecule has 2 N–H and O–H groups in total. The largest absolute Gasteiger partial charge is 0.378 e. The Kier molecular flexibility index (Phi) is 7.47. The fourth-order valence-electron chi connectivity index (χ4n) is 4.08. The summed E-state index contributed by atoms with van der Waals surface area (Å²) in [6.45, 7) is 5.43. The van der Waals surface area contributed by atoms with Gasteiger partial charge in [-0.15, -0.1) is 0 Å². The van der Waals surface area contributed by atoms with Crippen molar-refractivity contribution in [1.29, 1.82) is 0 Å². The van der Waals surface area contributed by atoms with Gasteiger partial charge in [-0.05, 0) is 24.3 Å². The van der Waals surface area contributed by atoms with E-state index >= 15 is 0 Å². The second-order valence-corrected chi connectivity index (χ2v) is 8.39. The summed E-state index contributed by atoms with van der Waals surface area (Å²) in [5.74, 6) is 1.01. The van der Waals surface area contributed by atoms with Crippen LogP contribution in [0, 0.1) is 0 Å². The third kappa shape index (κ3) is 6.05. The van der Waals surface area contributed by atoms with E-state index in [1.807, 2.05) is 53.4 Å². The minimum atomic E-state index is -0.152. The number of amides is 1. The smallest absolute Gasteiger partial charge is 0.266 e. The third-order valence-corrected chi connectivity index (χ3v) is 6.00. The maximum atomic E-state index is 12.7. The molecule has 3 heterocycles. The number of rotatable bonds is 7. The fourth-order valence-corrected chi connectivity index (χ4v) is 4.08. The van der Waals surface area contributed by atoms with E-state index in [2.05, 4.69) is 47.8 Å². The van der Waals surface area contributed by atoms with Gasteiger partial charge in [0.2, 0.25) is 17.8 Å². The van der Waals surface area contributed by atoms with Gasteiger partial charge in [-0.25, -0.2) is 5.43 Å². The summed E-state index contributed by atoms with van der Waals surface area (Å²) in [7, 11) is 0. The quantitative estimate of drug-likeness (QED) is 0.383. The summed E-state index contributed by atoms with van der Waals surface area (Å²) in [6, 6.07) is 19.9. The van der Waals surface area contributed by atoms with Crippen LogP contribution in [-0.2, 0) is 9.53 Å². The highest BCUT2D eigenvalue weighted by Gasteiger charge is 2.20. The molecule has 0 unspecified atom stereocenters. The summed E-state index contributed by atoms with van der Waals surface area (Å²) in [5.41, 5.74) is 4.84. The second-order valence-electron chi connectivity index (χ2n) is 8.39. The maximum absolute atomic E-state index is 12.7. The van der Waals surface area contributed by atoms with Crippen molar-refractivity contribution in [2.45, 2.75) is 0 Å². The van der Waals surface area contributed by atoms with Gasteiger partial charge in [-0.1, -0.05) is 36.4 Å². The van der Waals surface area contributed by atoms with Crippen molar-refractivity contribution in [1.82, 2.24) is 19.9 Å². The molecule has 0 radical (unpaired) electrons. The molecule has 2 aliphatic heterocycles. The van der Waals surface area contributed by atoms with E-state index < -0.39 is 0 Å². The van der Waals surface area contributed by atoms with E-state index in [9.17, 15) is 4.79 Å². The van der Waals surface area contributed by atoms with E-state index in [1.165, 1.54) is 11.9 Å². The van der Waals surface area contributed by atoms with Crippen molar-refractivity contribution < 1.29 is 9.53 Å². The normalized spacial score (nSPS) is 16.3. The van der Waals surface area contributed by atoms with Crippen LogP contribution >= 0.6 is 0 Å². The lowest BCUT2D eigenvalue weighted by Crippen LogP contribution is -2.49. The Morgan fingerprint density at radius 2 is 1.47 bits per heavy atom. The van der Waals surface area contributed by atoms with Crippen molar-refractivity contribution >= 4 is 41.3 Å². The number of hydrogen-bond donors (Lipinski definition) is 2. The maximum Gasteiger partial charge on any atom is 0.266 e. The number of carbonyl (C=O) groups excluding carboxylic acids is 1. The molecule has 1 amide bonds. The number of carbonyl (C=O) groups is 1. The average molecular weight is 488 g/mol. The molecule has 2 aromatic carbocycles. The number of aromatic nitrogens is 3. The summed E-state index contributed by atoms with van der Waals surface area (Å²) in [5, 5.41) is 7.33. The number of benzene rings is 2. The van der Waals surface area contributed by atoms with Crippen molar-refractivity contribution in [3.05, 3.63) is 60.7 Å². The van der Waals surface area contributed by atoms with E-state index in [0.29, 0.717) is 51.3 Å². The summed E-state index contributed by atoms with van der Waals surface area (Å²) >= 11 is 0. The lowest BCUT2D eigenvalue weighted by molar-refractivity contribution is -0.123. The van der Waals surface area contributed by atoms with Crippen LogP contribution in [0.15, 0.2) is 65.8 Å². The molecule has 186 valence electrons. The lowest BCUT2D eigenvalue weighted by Gasteiger charge is -2.35. The van der Waals surface area contributed by atoms with Crippen LogP contribution in [0.1, 0.15) is 0 Å². The SMILES string of the molecule is O=C(/C=N/Nc1nc(Nc2ccccc2)nc(N2CCOCC2)n1)N1CCN(c2ccccc2)CC1. The lowest BCUT2D eigenvalue weighted by atomic mass is 10.2. The standard InChI is InChI=1S/C25H29N9O2/c35-22(33-13-11-32(12-14-33)21-9-5-2-6-10-21)19-26-31-24-28-23(27-20-7-3-1-4-8-20)29-25(30-24)34-15-17-36-18-16-34/h1-10,19H,11-18H2,(H2,27,28,29,30,31)/b26-19+. The molecule has 1 aromatic heterocycles. The predicted molar refractivity (Wildman–Crippen MR) is 140 cm³/mol. The molecule has 3 aromatic rings. The van der Waals surface area contributed by atoms with Gasteiger partial charge < -0.3 is 24.8 Å². The first-order valence-corrected chi connectivity index (χ1v) is 12.0. The Labute approximate surface area is 209 Å². The Bertz CT molecular complexity index is 1160. The van der Waals surface area contributed by atoms with Gasteiger partial charge in [0.05, 0.1) is 13.2 Å². The fraction of sp³-hybridized carbons (Fsp3) is 0.320. The van der Waals surface area contributed by atoms with Gasteiger partial charge in [0.25, 0.3) is 5.91 Å². The molecular weight excluding hydrogens is 458 g/mol. The highest BCUT2D eigenvalue weighted by atomic mass is 16.5. The van der Waals surface area contributed by atoms with Gasteiger partial charge in [-0.2, -0.15) is 20.1 Å². The Hall–Kier alpha value is -4.25. The molecule has 0 bridgehead atoms. The van der Waals surface area contributed by atoms with Crippen LogP contribution in [0.2, 0.25) is 0 Å². The molecule has 11 heteroatoms. The molecule has 0 atom stereocenters. The minimum Gasteiger partial charge on any atom is -0.378 e. The molecule has 36 heavy (non-hydrogen) atoms. The molecular formula is C25H29N9O2. The van der Waals surface area contributed by atoms with Crippen LogP contribution in [0.5, 0.6) is 0 Å². The average Bonchev–Trinajstić information content (AvgIpc) is 2.94. The summed E-state index contributed by atoms with van der Waals surface area (Å²) in [4.78, 5) is 32.3. The first kappa shape index (κ1) is 23.5. The van der Waals surface area contributed by atoms with Crippen molar-refractivity contribution in [2.75, 3.05) is 73.0 Å². The molecule has 0 saturated carbocycles. The summed E-state index contributed by atoms with van der Waals surface area (Å²) in [6.07, 6.45) is 1.28. The highest BCUT2D eigenvalue weighted by molar-refractivity contribution is 6.26. The zero-order chi connectivity index (χ0) is 24.6. The number of piperazine rings is 1.